The quantitative estimate of drug-likeness (QED) is 0.703. The van der Waals surface area contributed by atoms with E-state index < -0.39 is 0 Å². The lowest BCUT2D eigenvalue weighted by molar-refractivity contribution is 0.306. The van der Waals surface area contributed by atoms with Gasteiger partial charge in [0.05, 0.1) is 5.39 Å². The van der Waals surface area contributed by atoms with Crippen LogP contribution >= 0.6 is 23.2 Å². The van der Waals surface area contributed by atoms with Gasteiger partial charge in [0.1, 0.15) is 29.2 Å². The highest BCUT2D eigenvalue weighted by Crippen LogP contribution is 2.21. The highest BCUT2D eigenvalue weighted by Gasteiger charge is 2.06. The van der Waals surface area contributed by atoms with Crippen LogP contribution in [0.1, 0.15) is 5.56 Å². The van der Waals surface area contributed by atoms with E-state index in [0.717, 1.165) is 5.56 Å². The molecule has 21 heavy (non-hydrogen) atoms. The van der Waals surface area contributed by atoms with Crippen molar-refractivity contribution < 1.29 is 9.15 Å². The highest BCUT2D eigenvalue weighted by molar-refractivity contribution is 6.31. The fourth-order valence-corrected chi connectivity index (χ4v) is 2.19. The second-order valence-corrected chi connectivity index (χ2v) is 5.33. The molecule has 3 aromatic rings. The number of fused-ring (bicyclic) bond motifs is 1. The summed E-state index contributed by atoms with van der Waals surface area (Å²) >= 11 is 11.6. The summed E-state index contributed by atoms with van der Waals surface area (Å²) in [5.74, 6) is 0.614. The van der Waals surface area contributed by atoms with Crippen molar-refractivity contribution in [2.24, 2.45) is 0 Å². The molecule has 106 valence electrons. The summed E-state index contributed by atoms with van der Waals surface area (Å²) in [4.78, 5) is 11.8. The minimum Gasteiger partial charge on any atom is -0.489 e. The van der Waals surface area contributed by atoms with Crippen LogP contribution in [0.4, 0.5) is 0 Å². The first kappa shape index (κ1) is 14.0. The van der Waals surface area contributed by atoms with Gasteiger partial charge in [-0.05, 0) is 29.8 Å². The Bertz CT molecular complexity index is 838. The average molecular weight is 321 g/mol. The molecule has 0 saturated carbocycles. The van der Waals surface area contributed by atoms with Gasteiger partial charge in [-0.15, -0.1) is 0 Å². The molecule has 0 fully saturated rings. The summed E-state index contributed by atoms with van der Waals surface area (Å²) < 4.78 is 11.0. The molecule has 5 heteroatoms. The van der Waals surface area contributed by atoms with E-state index in [0.29, 0.717) is 28.3 Å². The van der Waals surface area contributed by atoms with Crippen LogP contribution < -0.4 is 10.2 Å². The minimum absolute atomic E-state index is 0.0670. The molecule has 3 rings (SSSR count). The molecule has 0 amide bonds. The lowest BCUT2D eigenvalue weighted by Crippen LogP contribution is -2.01. The molecule has 0 aliphatic heterocycles. The van der Waals surface area contributed by atoms with E-state index in [9.17, 15) is 4.79 Å². The molecule has 0 bridgehead atoms. The number of halogens is 2. The number of benzene rings is 2. The molecule has 0 spiro atoms. The van der Waals surface area contributed by atoms with Crippen molar-refractivity contribution in [2.75, 3.05) is 0 Å². The third-order valence-electron chi connectivity index (χ3n) is 3.02. The van der Waals surface area contributed by atoms with Gasteiger partial charge in [-0.2, -0.15) is 0 Å². The summed E-state index contributed by atoms with van der Waals surface area (Å²) in [5, 5.41) is 1.18. The molecule has 0 atom stereocenters. The van der Waals surface area contributed by atoms with Crippen molar-refractivity contribution in [2.45, 2.75) is 6.61 Å². The van der Waals surface area contributed by atoms with Crippen LogP contribution in [0.25, 0.3) is 11.0 Å². The van der Waals surface area contributed by atoms with E-state index in [-0.39, 0.29) is 10.5 Å². The van der Waals surface area contributed by atoms with Gasteiger partial charge >= 0.3 is 0 Å². The summed E-state index contributed by atoms with van der Waals surface area (Å²) in [6, 6.07) is 12.4. The molecule has 1 heterocycles. The Morgan fingerprint density at radius 1 is 1.05 bits per heavy atom. The Hall–Kier alpha value is -1.97. The van der Waals surface area contributed by atoms with Crippen molar-refractivity contribution in [1.82, 2.24) is 0 Å². The molecule has 1 aromatic heterocycles. The van der Waals surface area contributed by atoms with Crippen LogP contribution in [0.5, 0.6) is 5.75 Å². The van der Waals surface area contributed by atoms with Crippen molar-refractivity contribution in [3.05, 3.63) is 74.6 Å². The highest BCUT2D eigenvalue weighted by atomic mass is 35.5. The van der Waals surface area contributed by atoms with E-state index in [2.05, 4.69) is 0 Å². The summed E-state index contributed by atoms with van der Waals surface area (Å²) in [6.45, 7) is 0.403. The van der Waals surface area contributed by atoms with Gasteiger partial charge in [0, 0.05) is 11.1 Å². The Morgan fingerprint density at radius 3 is 2.57 bits per heavy atom. The monoisotopic (exact) mass is 320 g/mol. The molecular formula is C16H10Cl2O3. The van der Waals surface area contributed by atoms with E-state index in [1.807, 2.05) is 24.3 Å². The predicted octanol–water partition coefficient (Wildman–Crippen LogP) is 4.68. The second-order valence-electron chi connectivity index (χ2n) is 4.49. The summed E-state index contributed by atoms with van der Waals surface area (Å²) in [5.41, 5.74) is 1.19. The van der Waals surface area contributed by atoms with Gasteiger partial charge < -0.3 is 9.15 Å². The second kappa shape index (κ2) is 5.80. The standard InChI is InChI=1S/C16H10Cl2O3/c17-11-3-1-10(2-4-11)8-20-12-5-6-13-15(7-12)21-9-14(18)16(13)19/h1-7,9H,8H2. The van der Waals surface area contributed by atoms with Gasteiger partial charge in [0.15, 0.2) is 0 Å². The molecule has 0 aliphatic rings. The number of rotatable bonds is 3. The minimum atomic E-state index is -0.248. The van der Waals surface area contributed by atoms with Crippen LogP contribution in [-0.4, -0.2) is 0 Å². The van der Waals surface area contributed by atoms with Crippen molar-refractivity contribution in [3.8, 4) is 5.75 Å². The summed E-state index contributed by atoms with van der Waals surface area (Å²) in [6.07, 6.45) is 1.23. The van der Waals surface area contributed by atoms with Crippen LogP contribution in [0.3, 0.4) is 0 Å². The first-order valence-corrected chi connectivity index (χ1v) is 6.97. The maximum absolute atomic E-state index is 11.8. The molecule has 3 nitrogen and oxygen atoms in total. The number of ether oxygens (including phenoxy) is 1. The Morgan fingerprint density at radius 2 is 1.81 bits per heavy atom. The fourth-order valence-electron chi connectivity index (χ4n) is 1.92. The van der Waals surface area contributed by atoms with Gasteiger partial charge in [-0.25, -0.2) is 0 Å². The maximum Gasteiger partial charge on any atom is 0.211 e. The average Bonchev–Trinajstić information content (AvgIpc) is 2.50. The molecule has 0 N–H and O–H groups in total. The van der Waals surface area contributed by atoms with Gasteiger partial charge in [0.25, 0.3) is 0 Å². The van der Waals surface area contributed by atoms with Crippen LogP contribution in [0, 0.1) is 0 Å². The van der Waals surface area contributed by atoms with Gasteiger partial charge in [0.2, 0.25) is 5.43 Å². The third-order valence-corrected chi connectivity index (χ3v) is 3.54. The lowest BCUT2D eigenvalue weighted by Gasteiger charge is -2.07. The van der Waals surface area contributed by atoms with E-state index in [1.165, 1.54) is 6.26 Å². The largest absolute Gasteiger partial charge is 0.489 e. The number of hydrogen-bond acceptors (Lipinski definition) is 3. The molecule has 2 aromatic carbocycles. The lowest BCUT2D eigenvalue weighted by atomic mass is 10.2. The molecule has 0 radical (unpaired) electrons. The molecule has 0 saturated heterocycles. The van der Waals surface area contributed by atoms with Crippen molar-refractivity contribution in [3.63, 3.8) is 0 Å². The van der Waals surface area contributed by atoms with Crippen LogP contribution in [-0.2, 0) is 6.61 Å². The van der Waals surface area contributed by atoms with Gasteiger partial charge in [-0.3, -0.25) is 4.79 Å². The zero-order valence-electron chi connectivity index (χ0n) is 10.8. The Labute approximate surface area is 130 Å². The summed E-state index contributed by atoms with van der Waals surface area (Å²) in [7, 11) is 0. The van der Waals surface area contributed by atoms with E-state index in [4.69, 9.17) is 32.4 Å². The van der Waals surface area contributed by atoms with Crippen molar-refractivity contribution >= 4 is 34.2 Å². The maximum atomic E-state index is 11.8. The topological polar surface area (TPSA) is 39.4 Å². The zero-order valence-corrected chi connectivity index (χ0v) is 12.3. The third kappa shape index (κ3) is 3.04. The van der Waals surface area contributed by atoms with Crippen LogP contribution in [0.15, 0.2) is 57.9 Å². The first-order valence-electron chi connectivity index (χ1n) is 6.22. The number of hydrogen-bond donors (Lipinski definition) is 0. The van der Waals surface area contributed by atoms with E-state index in [1.54, 1.807) is 18.2 Å². The van der Waals surface area contributed by atoms with E-state index >= 15 is 0 Å². The van der Waals surface area contributed by atoms with Crippen LogP contribution in [0.2, 0.25) is 10.0 Å². The molecule has 0 aliphatic carbocycles. The predicted molar refractivity (Wildman–Crippen MR) is 83.3 cm³/mol. The SMILES string of the molecule is O=c1c(Cl)coc2cc(OCc3ccc(Cl)cc3)ccc12. The smallest absolute Gasteiger partial charge is 0.211 e. The molecular weight excluding hydrogens is 311 g/mol. The fraction of sp³-hybridized carbons (Fsp3) is 0.0625. The Balaban J connectivity index is 1.83. The first-order chi connectivity index (χ1) is 10.1. The molecule has 0 unspecified atom stereocenters. The zero-order chi connectivity index (χ0) is 14.8. The van der Waals surface area contributed by atoms with Gasteiger partial charge in [-0.1, -0.05) is 35.3 Å². The van der Waals surface area contributed by atoms with Crippen molar-refractivity contribution in [1.29, 1.82) is 0 Å². The normalized spacial score (nSPS) is 10.8. The Kier molecular flexibility index (Phi) is 3.86.